The van der Waals surface area contributed by atoms with Crippen molar-refractivity contribution < 1.29 is 35.5 Å². The van der Waals surface area contributed by atoms with E-state index >= 15 is 0 Å². The molecule has 0 aliphatic carbocycles. The summed E-state index contributed by atoms with van der Waals surface area (Å²) in [6.07, 6.45) is -8.82. The van der Waals surface area contributed by atoms with Gasteiger partial charge in [-0.15, -0.1) is 12.4 Å². The molecule has 1 aliphatic heterocycles. The summed E-state index contributed by atoms with van der Waals surface area (Å²) >= 11 is 0. The van der Waals surface area contributed by atoms with E-state index < -0.39 is 54.4 Å². The van der Waals surface area contributed by atoms with E-state index in [4.69, 9.17) is 0 Å². The zero-order valence-electron chi connectivity index (χ0n) is 16.3. The summed E-state index contributed by atoms with van der Waals surface area (Å²) in [6, 6.07) is -0.463. The molecule has 0 unspecified atom stereocenters. The molecule has 1 fully saturated rings. The third-order valence-electron chi connectivity index (χ3n) is 4.73. The molecule has 2 N–H and O–H groups in total. The van der Waals surface area contributed by atoms with Gasteiger partial charge in [0, 0.05) is 43.2 Å². The first-order valence-corrected chi connectivity index (χ1v) is 9.00. The van der Waals surface area contributed by atoms with E-state index in [1.165, 1.54) is 0 Å². The van der Waals surface area contributed by atoms with Gasteiger partial charge in [-0.2, -0.15) is 26.3 Å². The molecule has 1 aliphatic rings. The second kappa shape index (κ2) is 9.53. The number of nitrogens with one attached hydrogen (secondary N) is 2. The van der Waals surface area contributed by atoms with Crippen molar-refractivity contribution in [2.75, 3.05) is 0 Å². The number of alkyl halides is 7. The van der Waals surface area contributed by atoms with Gasteiger partial charge in [-0.3, -0.25) is 9.78 Å². The number of hydrogen-bond donors (Lipinski definition) is 2. The third kappa shape index (κ3) is 5.82. The molecule has 0 bridgehead atoms. The molecule has 0 spiro atoms. The van der Waals surface area contributed by atoms with Gasteiger partial charge < -0.3 is 10.6 Å². The Morgan fingerprint density at radius 1 is 1.09 bits per heavy atom. The Balaban J connectivity index is 0.00000363. The first-order chi connectivity index (χ1) is 14.4. The van der Waals surface area contributed by atoms with E-state index in [2.05, 4.69) is 25.6 Å². The predicted octanol–water partition coefficient (Wildman–Crippen LogP) is 3.70. The molecule has 0 saturated carbocycles. The van der Waals surface area contributed by atoms with E-state index in [0.717, 1.165) is 18.5 Å². The normalized spacial score (nSPS) is 21.2. The van der Waals surface area contributed by atoms with E-state index in [0.29, 0.717) is 6.20 Å². The number of amides is 1. The average molecular weight is 488 g/mol. The molecule has 1 amide bonds. The van der Waals surface area contributed by atoms with Crippen LogP contribution in [-0.2, 0) is 23.7 Å². The maximum Gasteiger partial charge on any atom is 0.451 e. The van der Waals surface area contributed by atoms with Crippen molar-refractivity contribution >= 4 is 18.3 Å². The number of hydrogen-bond acceptors (Lipinski definition) is 5. The van der Waals surface area contributed by atoms with Crippen molar-refractivity contribution in [3.63, 3.8) is 0 Å². The minimum Gasteiger partial charge on any atom is -0.351 e. The van der Waals surface area contributed by atoms with Crippen LogP contribution in [0.25, 0.3) is 11.3 Å². The van der Waals surface area contributed by atoms with Crippen molar-refractivity contribution in [2.45, 2.75) is 50.5 Å². The van der Waals surface area contributed by atoms with Crippen LogP contribution in [0.15, 0.2) is 24.7 Å². The largest absolute Gasteiger partial charge is 0.451 e. The summed E-state index contributed by atoms with van der Waals surface area (Å²) in [5.74, 6) is -2.07. The van der Waals surface area contributed by atoms with Crippen molar-refractivity contribution in [1.82, 2.24) is 25.6 Å². The van der Waals surface area contributed by atoms with Crippen molar-refractivity contribution in [3.05, 3.63) is 41.6 Å². The first kappa shape index (κ1) is 25.7. The molecular weight excluding hydrogens is 471 g/mol. The SMILES string of the molecule is C[C@H]1N[C@@H](C(=O)NCc2cc(-c3cnc(C(F)(F)F)nc3)ncc2C(F)(F)F)C[C@H]1F.Cl. The van der Waals surface area contributed by atoms with Crippen molar-refractivity contribution in [1.29, 1.82) is 0 Å². The lowest BCUT2D eigenvalue weighted by Gasteiger charge is -2.16. The molecule has 14 heteroatoms. The molecule has 0 aromatic carbocycles. The molecule has 32 heavy (non-hydrogen) atoms. The Kier molecular flexibility index (Phi) is 7.66. The van der Waals surface area contributed by atoms with Crippen LogP contribution in [0.2, 0.25) is 0 Å². The van der Waals surface area contributed by atoms with Crippen LogP contribution < -0.4 is 10.6 Å². The lowest BCUT2D eigenvalue weighted by Crippen LogP contribution is -2.42. The van der Waals surface area contributed by atoms with Crippen LogP contribution in [0.1, 0.15) is 30.3 Å². The topological polar surface area (TPSA) is 79.8 Å². The second-order valence-corrected chi connectivity index (χ2v) is 6.99. The molecule has 3 heterocycles. The summed E-state index contributed by atoms with van der Waals surface area (Å²) in [6.45, 7) is 0.995. The zero-order valence-corrected chi connectivity index (χ0v) is 17.1. The van der Waals surface area contributed by atoms with E-state index in [1.807, 2.05) is 0 Å². The highest BCUT2D eigenvalue weighted by Gasteiger charge is 2.37. The quantitative estimate of drug-likeness (QED) is 0.643. The number of nitrogens with zero attached hydrogens (tertiary/aromatic N) is 3. The number of halogens is 8. The summed E-state index contributed by atoms with van der Waals surface area (Å²) in [5, 5.41) is 5.04. The molecule has 3 atom stereocenters. The lowest BCUT2D eigenvalue weighted by atomic mass is 10.1. The number of aromatic nitrogens is 3. The highest BCUT2D eigenvalue weighted by Crippen LogP contribution is 2.33. The van der Waals surface area contributed by atoms with Crippen LogP contribution in [0.5, 0.6) is 0 Å². The van der Waals surface area contributed by atoms with Crippen LogP contribution in [0.4, 0.5) is 30.7 Å². The minimum absolute atomic E-state index is 0. The van der Waals surface area contributed by atoms with Gasteiger partial charge in [-0.05, 0) is 18.6 Å². The van der Waals surface area contributed by atoms with Gasteiger partial charge in [0.2, 0.25) is 11.7 Å². The summed E-state index contributed by atoms with van der Waals surface area (Å²) in [4.78, 5) is 22.1. The van der Waals surface area contributed by atoms with Crippen LogP contribution in [0.3, 0.4) is 0 Å². The predicted molar refractivity (Wildman–Crippen MR) is 100 cm³/mol. The Bertz CT molecular complexity index is 942. The van der Waals surface area contributed by atoms with Gasteiger partial charge in [0.15, 0.2) is 0 Å². The van der Waals surface area contributed by atoms with Crippen molar-refractivity contribution in [2.24, 2.45) is 0 Å². The average Bonchev–Trinajstić information content (AvgIpc) is 3.03. The number of carbonyl (C=O) groups excluding carboxylic acids is 1. The maximum atomic E-state index is 13.6. The van der Waals surface area contributed by atoms with Gasteiger partial charge in [-0.1, -0.05) is 0 Å². The molecule has 3 rings (SSSR count). The number of carbonyl (C=O) groups is 1. The number of rotatable bonds is 4. The maximum absolute atomic E-state index is 13.6. The minimum atomic E-state index is -4.79. The smallest absolute Gasteiger partial charge is 0.351 e. The summed E-state index contributed by atoms with van der Waals surface area (Å²) < 4.78 is 91.3. The zero-order chi connectivity index (χ0) is 23.0. The van der Waals surface area contributed by atoms with Crippen LogP contribution in [0, 0.1) is 0 Å². The monoisotopic (exact) mass is 487 g/mol. The molecule has 2 aromatic rings. The van der Waals surface area contributed by atoms with E-state index in [1.54, 1.807) is 6.92 Å². The summed E-state index contributed by atoms with van der Waals surface area (Å²) in [7, 11) is 0. The standard InChI is InChI=1S/C18H16F7N5O.ClH/c1-8-12(19)3-14(30-8)15(31)27-4-9-2-13(26-7-11(9)17(20,21)22)10-5-28-16(29-6-10)18(23,24)25;/h2,5-8,12,14,30H,3-4H2,1H3,(H,27,31);1H/t8-,12-,14-;/m1./s1. The fourth-order valence-corrected chi connectivity index (χ4v) is 3.07. The molecule has 6 nitrogen and oxygen atoms in total. The van der Waals surface area contributed by atoms with Crippen LogP contribution in [-0.4, -0.2) is 39.1 Å². The Morgan fingerprint density at radius 2 is 1.72 bits per heavy atom. The lowest BCUT2D eigenvalue weighted by molar-refractivity contribution is -0.145. The Morgan fingerprint density at radius 3 is 2.22 bits per heavy atom. The van der Waals surface area contributed by atoms with Gasteiger partial charge in [0.05, 0.1) is 17.3 Å². The molecule has 0 radical (unpaired) electrons. The van der Waals surface area contributed by atoms with Gasteiger partial charge in [-0.25, -0.2) is 14.4 Å². The molecule has 2 aromatic heterocycles. The Hall–Kier alpha value is -2.54. The number of pyridine rings is 1. The van der Waals surface area contributed by atoms with Gasteiger partial charge in [0.25, 0.3) is 0 Å². The van der Waals surface area contributed by atoms with Gasteiger partial charge in [0.1, 0.15) is 6.17 Å². The second-order valence-electron chi connectivity index (χ2n) is 6.99. The fourth-order valence-electron chi connectivity index (χ4n) is 3.07. The molecular formula is C18H17ClF7N5O. The fraction of sp³-hybridized carbons (Fsp3) is 0.444. The highest BCUT2D eigenvalue weighted by molar-refractivity contribution is 5.85. The van der Waals surface area contributed by atoms with E-state index in [9.17, 15) is 35.5 Å². The van der Waals surface area contributed by atoms with E-state index in [-0.39, 0.29) is 35.6 Å². The molecule has 1 saturated heterocycles. The van der Waals surface area contributed by atoms with Crippen molar-refractivity contribution in [3.8, 4) is 11.3 Å². The summed E-state index contributed by atoms with van der Waals surface area (Å²) in [5.41, 5.74) is -1.64. The van der Waals surface area contributed by atoms with Gasteiger partial charge >= 0.3 is 12.4 Å². The Labute approximate surface area is 183 Å². The molecule has 176 valence electrons. The third-order valence-corrected chi connectivity index (χ3v) is 4.73. The van der Waals surface area contributed by atoms with Crippen LogP contribution >= 0.6 is 12.4 Å². The first-order valence-electron chi connectivity index (χ1n) is 9.00. The highest BCUT2D eigenvalue weighted by atomic mass is 35.5.